The number of hydrogen-bond donors (Lipinski definition) is 1. The van der Waals surface area contributed by atoms with Crippen LogP contribution >= 0.6 is 0 Å². The Kier molecular flexibility index (Phi) is 6.06. The van der Waals surface area contributed by atoms with Gasteiger partial charge in [0, 0.05) is 35.3 Å². The lowest BCUT2D eigenvalue weighted by atomic mass is 10.2. The van der Waals surface area contributed by atoms with E-state index in [2.05, 4.69) is 21.9 Å². The molecule has 0 saturated carbocycles. The number of benzene rings is 1. The molecule has 0 unspecified atom stereocenters. The number of anilines is 1. The van der Waals surface area contributed by atoms with Crippen molar-refractivity contribution in [3.05, 3.63) is 35.2 Å². The Morgan fingerprint density at radius 3 is 2.30 bits per heavy atom. The van der Waals surface area contributed by atoms with Crippen LogP contribution in [0.1, 0.15) is 0 Å². The van der Waals surface area contributed by atoms with Crippen molar-refractivity contribution in [2.75, 3.05) is 33.2 Å². The van der Waals surface area contributed by atoms with E-state index >= 15 is 0 Å². The van der Waals surface area contributed by atoms with Gasteiger partial charge in [0.15, 0.2) is 11.5 Å². The monoisotopic (exact) mass is 278 g/mol. The molecule has 0 heterocycles. The minimum Gasteiger partial charge on any atom is -0.493 e. The lowest BCUT2D eigenvalue weighted by molar-refractivity contribution is 0.324. The van der Waals surface area contributed by atoms with E-state index < -0.39 is 0 Å². The summed E-state index contributed by atoms with van der Waals surface area (Å²) in [7, 11) is 4.64. The average molecular weight is 278 g/mol. The normalized spacial score (nSPS) is 10.9. The molecule has 108 valence electrons. The molecule has 1 aromatic rings. The van der Waals surface area contributed by atoms with Crippen molar-refractivity contribution in [1.29, 1.82) is 0 Å². The minimum absolute atomic E-state index is 0.186. The smallest absolute Gasteiger partial charge is 0.203 e. The van der Waals surface area contributed by atoms with Crippen LogP contribution in [-0.2, 0) is 0 Å². The molecule has 1 N–H and O–H groups in total. The van der Waals surface area contributed by atoms with Gasteiger partial charge in [0.05, 0.1) is 21.3 Å². The zero-order chi connectivity index (χ0) is 15.0. The lowest BCUT2D eigenvalue weighted by Gasteiger charge is -2.18. The molecule has 20 heavy (non-hydrogen) atoms. The van der Waals surface area contributed by atoms with Crippen molar-refractivity contribution in [1.82, 2.24) is 0 Å². The second-order valence-electron chi connectivity index (χ2n) is 3.81. The molecular weight excluding hydrogens is 260 g/mol. The number of nitrogens with one attached hydrogen (secondary N) is 1. The molecule has 1 atom stereocenters. The van der Waals surface area contributed by atoms with E-state index in [0.29, 0.717) is 17.2 Å². The third-order valence-corrected chi connectivity index (χ3v) is 2.64. The molecule has 7 heteroatoms. The highest BCUT2D eigenvalue weighted by molar-refractivity contribution is 5.63. The summed E-state index contributed by atoms with van der Waals surface area (Å²) in [5.41, 5.74) is 9.10. The summed E-state index contributed by atoms with van der Waals surface area (Å²) >= 11 is 0. The highest BCUT2D eigenvalue weighted by atomic mass is 16.5. The summed E-state index contributed by atoms with van der Waals surface area (Å²) in [6.45, 7) is 3.96. The van der Waals surface area contributed by atoms with Crippen LogP contribution in [0.2, 0.25) is 0 Å². The summed E-state index contributed by atoms with van der Waals surface area (Å²) < 4.78 is 15.8. The van der Waals surface area contributed by atoms with Gasteiger partial charge in [-0.25, -0.2) is 0 Å². The zero-order valence-corrected chi connectivity index (χ0v) is 11.8. The van der Waals surface area contributed by atoms with Gasteiger partial charge in [0.2, 0.25) is 5.75 Å². The molecule has 0 spiro atoms. The SMILES string of the molecule is C=C[C@@H](CN=[N+]=[N-])Nc1cc(OC)c(OC)c(OC)c1. The third kappa shape index (κ3) is 3.73. The van der Waals surface area contributed by atoms with Gasteiger partial charge < -0.3 is 19.5 Å². The van der Waals surface area contributed by atoms with Crippen LogP contribution < -0.4 is 19.5 Å². The maximum Gasteiger partial charge on any atom is 0.203 e. The highest BCUT2D eigenvalue weighted by Gasteiger charge is 2.14. The van der Waals surface area contributed by atoms with E-state index in [9.17, 15) is 0 Å². The molecule has 0 bridgehead atoms. The first-order valence-electron chi connectivity index (χ1n) is 5.90. The summed E-state index contributed by atoms with van der Waals surface area (Å²) in [5, 5.41) is 6.68. The van der Waals surface area contributed by atoms with Crippen molar-refractivity contribution < 1.29 is 14.2 Å². The van der Waals surface area contributed by atoms with E-state index in [-0.39, 0.29) is 12.6 Å². The summed E-state index contributed by atoms with van der Waals surface area (Å²) in [4.78, 5) is 2.73. The van der Waals surface area contributed by atoms with Crippen LogP contribution in [0.15, 0.2) is 29.9 Å². The number of rotatable bonds is 8. The van der Waals surface area contributed by atoms with E-state index in [0.717, 1.165) is 5.69 Å². The van der Waals surface area contributed by atoms with Crippen molar-refractivity contribution in [2.24, 2.45) is 5.11 Å². The largest absolute Gasteiger partial charge is 0.493 e. The molecule has 0 radical (unpaired) electrons. The summed E-state index contributed by atoms with van der Waals surface area (Å²) in [6.07, 6.45) is 1.66. The van der Waals surface area contributed by atoms with Crippen LogP contribution in [0.5, 0.6) is 17.2 Å². The Bertz CT molecular complexity index is 487. The molecule has 0 amide bonds. The first kappa shape index (κ1) is 15.5. The van der Waals surface area contributed by atoms with Gasteiger partial charge in [-0.05, 0) is 5.53 Å². The van der Waals surface area contributed by atoms with Gasteiger partial charge in [-0.1, -0.05) is 11.2 Å². The van der Waals surface area contributed by atoms with Gasteiger partial charge in [-0.3, -0.25) is 0 Å². The second-order valence-corrected chi connectivity index (χ2v) is 3.81. The average Bonchev–Trinajstić information content (AvgIpc) is 2.50. The Morgan fingerprint density at radius 1 is 1.30 bits per heavy atom. The molecule has 0 aliphatic rings. The second kappa shape index (κ2) is 7.81. The molecule has 7 nitrogen and oxygen atoms in total. The van der Waals surface area contributed by atoms with Crippen molar-refractivity contribution in [3.8, 4) is 17.2 Å². The van der Waals surface area contributed by atoms with Gasteiger partial charge in [0.1, 0.15) is 0 Å². The van der Waals surface area contributed by atoms with E-state index in [4.69, 9.17) is 19.7 Å². The first-order chi connectivity index (χ1) is 9.69. The number of nitrogens with zero attached hydrogens (tertiary/aromatic N) is 3. The first-order valence-corrected chi connectivity index (χ1v) is 5.90. The van der Waals surface area contributed by atoms with Gasteiger partial charge >= 0.3 is 0 Å². The quantitative estimate of drug-likeness (QED) is 0.342. The number of azide groups is 1. The Labute approximate surface area is 117 Å². The van der Waals surface area contributed by atoms with E-state index in [1.165, 1.54) is 0 Å². The van der Waals surface area contributed by atoms with Crippen molar-refractivity contribution in [3.63, 3.8) is 0 Å². The maximum absolute atomic E-state index is 8.35. The van der Waals surface area contributed by atoms with Crippen LogP contribution in [0.3, 0.4) is 0 Å². The Hall–Kier alpha value is -2.53. The number of methoxy groups -OCH3 is 3. The van der Waals surface area contributed by atoms with Gasteiger partial charge in [0.25, 0.3) is 0 Å². The summed E-state index contributed by atoms with van der Waals surface area (Å²) in [6, 6.07) is 3.36. The van der Waals surface area contributed by atoms with Crippen LogP contribution in [0, 0.1) is 0 Å². The maximum atomic E-state index is 8.35. The fourth-order valence-electron chi connectivity index (χ4n) is 1.68. The predicted octanol–water partition coefficient (Wildman–Crippen LogP) is 2.99. The van der Waals surface area contributed by atoms with Gasteiger partial charge in [-0.2, -0.15) is 0 Å². The van der Waals surface area contributed by atoms with Crippen LogP contribution in [0.4, 0.5) is 5.69 Å². The molecular formula is C13H18N4O3. The highest BCUT2D eigenvalue weighted by Crippen LogP contribution is 2.40. The Balaban J connectivity index is 3.05. The predicted molar refractivity (Wildman–Crippen MR) is 77.7 cm³/mol. The fourth-order valence-corrected chi connectivity index (χ4v) is 1.68. The molecule has 0 aliphatic heterocycles. The lowest BCUT2D eigenvalue weighted by Crippen LogP contribution is -2.19. The van der Waals surface area contributed by atoms with Crippen LogP contribution in [-0.4, -0.2) is 33.9 Å². The topological polar surface area (TPSA) is 88.5 Å². The van der Waals surface area contributed by atoms with Gasteiger partial charge in [-0.15, -0.1) is 6.58 Å². The molecule has 0 saturated heterocycles. The number of ether oxygens (including phenoxy) is 3. The molecule has 1 rings (SSSR count). The fraction of sp³-hybridized carbons (Fsp3) is 0.385. The zero-order valence-electron chi connectivity index (χ0n) is 11.8. The number of hydrogen-bond acceptors (Lipinski definition) is 5. The third-order valence-electron chi connectivity index (χ3n) is 2.64. The molecule has 1 aromatic carbocycles. The van der Waals surface area contributed by atoms with E-state index in [1.807, 2.05) is 0 Å². The Morgan fingerprint density at radius 2 is 1.90 bits per heavy atom. The summed E-state index contributed by atoms with van der Waals surface area (Å²) in [5.74, 6) is 1.60. The molecule has 0 fully saturated rings. The van der Waals surface area contributed by atoms with E-state index in [1.54, 1.807) is 39.5 Å². The standard InChI is InChI=1S/C13H18N4O3/c1-5-9(8-15-17-14)16-10-6-11(18-2)13(20-4)12(7-10)19-3/h5-7,9,16H,1,8H2,2-4H3/t9-/m0/s1. The minimum atomic E-state index is -0.186. The van der Waals surface area contributed by atoms with Crippen molar-refractivity contribution in [2.45, 2.75) is 6.04 Å². The molecule has 0 aromatic heterocycles. The van der Waals surface area contributed by atoms with Crippen LogP contribution in [0.25, 0.3) is 10.4 Å². The van der Waals surface area contributed by atoms with Crippen molar-refractivity contribution >= 4 is 5.69 Å². The molecule has 0 aliphatic carbocycles.